The van der Waals surface area contributed by atoms with Crippen molar-refractivity contribution >= 4 is 29.2 Å². The lowest BCUT2D eigenvalue weighted by atomic mass is 9.67. The van der Waals surface area contributed by atoms with Gasteiger partial charge in [-0.1, -0.05) is 24.6 Å². The van der Waals surface area contributed by atoms with Gasteiger partial charge in [0.25, 0.3) is 5.91 Å². The first kappa shape index (κ1) is 18.0. The molecule has 4 rings (SSSR count). The molecule has 2 aromatic rings. The summed E-state index contributed by atoms with van der Waals surface area (Å²) in [4.78, 5) is 27.6. The molecule has 25 heavy (non-hydrogen) atoms. The zero-order valence-electron chi connectivity index (χ0n) is 14.0. The van der Waals surface area contributed by atoms with Crippen LogP contribution in [0.5, 0.6) is 0 Å². The topological polar surface area (TPSA) is 88.0 Å². The van der Waals surface area contributed by atoms with Gasteiger partial charge in [-0.3, -0.25) is 9.59 Å². The van der Waals surface area contributed by atoms with Crippen molar-refractivity contribution < 1.29 is 4.79 Å². The average Bonchev–Trinajstić information content (AvgIpc) is 2.54. The number of H-pyrrole nitrogens is 1. The summed E-state index contributed by atoms with van der Waals surface area (Å²) in [5.74, 6) is 0.782. The highest BCUT2D eigenvalue weighted by Crippen LogP contribution is 2.39. The van der Waals surface area contributed by atoms with Crippen LogP contribution < -0.4 is 16.6 Å². The van der Waals surface area contributed by atoms with Gasteiger partial charge in [-0.25, -0.2) is 0 Å². The molecule has 2 bridgehead atoms. The number of carbonyl (C=O) groups is 1. The van der Waals surface area contributed by atoms with E-state index in [2.05, 4.69) is 10.3 Å². The van der Waals surface area contributed by atoms with Crippen molar-refractivity contribution in [3.8, 4) is 0 Å². The van der Waals surface area contributed by atoms with E-state index in [-0.39, 0.29) is 36.0 Å². The summed E-state index contributed by atoms with van der Waals surface area (Å²) in [5, 5.41) is 4.01. The van der Waals surface area contributed by atoms with Gasteiger partial charge < -0.3 is 16.0 Å². The Hall–Kier alpha value is -1.85. The van der Waals surface area contributed by atoms with Crippen LogP contribution in [0, 0.1) is 11.8 Å². The van der Waals surface area contributed by atoms with Gasteiger partial charge in [0.05, 0.1) is 5.56 Å². The zero-order valence-corrected chi connectivity index (χ0v) is 14.9. The van der Waals surface area contributed by atoms with Gasteiger partial charge in [0.2, 0.25) is 5.56 Å². The summed E-state index contributed by atoms with van der Waals surface area (Å²) >= 11 is 0. The fourth-order valence-electron chi connectivity index (χ4n) is 4.65. The number of halogens is 1. The Kier molecular flexibility index (Phi) is 5.16. The summed E-state index contributed by atoms with van der Waals surface area (Å²) < 4.78 is 0. The molecule has 0 radical (unpaired) electrons. The average molecular weight is 362 g/mol. The Morgan fingerprint density at radius 2 is 1.84 bits per heavy atom. The number of hydrogen-bond donors (Lipinski definition) is 3. The van der Waals surface area contributed by atoms with E-state index in [0.29, 0.717) is 22.9 Å². The van der Waals surface area contributed by atoms with Crippen LogP contribution in [0.15, 0.2) is 35.1 Å². The number of pyridine rings is 1. The zero-order chi connectivity index (χ0) is 16.7. The summed E-state index contributed by atoms with van der Waals surface area (Å²) in [6.45, 7) is 0. The molecule has 0 spiro atoms. The fraction of sp³-hybridized carbons (Fsp3) is 0.474. The molecule has 2 unspecified atom stereocenters. The number of nitrogens with one attached hydrogen (secondary N) is 2. The number of para-hydroxylation sites is 1. The van der Waals surface area contributed by atoms with Crippen LogP contribution in [0.2, 0.25) is 0 Å². The molecule has 1 heterocycles. The van der Waals surface area contributed by atoms with Gasteiger partial charge in [-0.05, 0) is 43.6 Å². The molecule has 0 aliphatic heterocycles. The van der Waals surface area contributed by atoms with Crippen molar-refractivity contribution in [1.29, 1.82) is 0 Å². The highest BCUT2D eigenvalue weighted by atomic mass is 35.5. The van der Waals surface area contributed by atoms with E-state index in [1.165, 1.54) is 12.5 Å². The molecule has 1 aromatic carbocycles. The van der Waals surface area contributed by atoms with Crippen LogP contribution in [-0.2, 0) is 0 Å². The second-order valence-electron chi connectivity index (χ2n) is 7.27. The number of carbonyl (C=O) groups excluding carboxylic acids is 1. The molecule has 1 aromatic heterocycles. The first-order valence-corrected chi connectivity index (χ1v) is 8.80. The van der Waals surface area contributed by atoms with E-state index >= 15 is 0 Å². The summed E-state index contributed by atoms with van der Waals surface area (Å²) in [5.41, 5.74) is 7.08. The van der Waals surface area contributed by atoms with E-state index < -0.39 is 0 Å². The second-order valence-corrected chi connectivity index (χ2v) is 7.27. The number of aromatic amines is 1. The number of benzene rings is 1. The van der Waals surface area contributed by atoms with E-state index in [9.17, 15) is 9.59 Å². The first-order chi connectivity index (χ1) is 11.6. The van der Waals surface area contributed by atoms with Crippen LogP contribution in [0.3, 0.4) is 0 Å². The van der Waals surface area contributed by atoms with Gasteiger partial charge in [0, 0.05) is 29.1 Å². The smallest absolute Gasteiger partial charge is 0.252 e. The molecule has 2 atom stereocenters. The van der Waals surface area contributed by atoms with Crippen molar-refractivity contribution in [2.24, 2.45) is 17.6 Å². The van der Waals surface area contributed by atoms with Crippen molar-refractivity contribution in [3.63, 3.8) is 0 Å². The normalized spacial score (nSPS) is 28.2. The first-order valence-electron chi connectivity index (χ1n) is 8.80. The molecule has 1 amide bonds. The van der Waals surface area contributed by atoms with Crippen LogP contribution >= 0.6 is 12.4 Å². The number of fused-ring (bicyclic) bond motifs is 3. The van der Waals surface area contributed by atoms with Gasteiger partial charge in [0.1, 0.15) is 0 Å². The maximum Gasteiger partial charge on any atom is 0.252 e. The monoisotopic (exact) mass is 361 g/mol. The SMILES string of the molecule is Cl.NC1CC2CCCC(C1)C2NC(=O)c1cc(=O)[nH]c2ccccc12. The summed E-state index contributed by atoms with van der Waals surface area (Å²) in [6, 6.07) is 9.28. The molecule has 0 saturated heterocycles. The molecule has 2 aliphatic carbocycles. The van der Waals surface area contributed by atoms with Gasteiger partial charge in [-0.2, -0.15) is 0 Å². The molecule has 5 nitrogen and oxygen atoms in total. The maximum atomic E-state index is 12.9. The molecule has 4 N–H and O–H groups in total. The number of rotatable bonds is 2. The molecular formula is C19H24ClN3O2. The minimum absolute atomic E-state index is 0. The fourth-order valence-corrected chi connectivity index (χ4v) is 4.65. The molecule has 2 fully saturated rings. The highest BCUT2D eigenvalue weighted by Gasteiger charge is 2.40. The quantitative estimate of drug-likeness (QED) is 0.768. The predicted octanol–water partition coefficient (Wildman–Crippen LogP) is 2.59. The Morgan fingerprint density at radius 1 is 1.16 bits per heavy atom. The lowest BCUT2D eigenvalue weighted by Gasteiger charge is -2.45. The second kappa shape index (κ2) is 7.18. The van der Waals surface area contributed by atoms with Gasteiger partial charge >= 0.3 is 0 Å². The van der Waals surface area contributed by atoms with Crippen LogP contribution in [0.25, 0.3) is 10.9 Å². The van der Waals surface area contributed by atoms with Crippen LogP contribution in [-0.4, -0.2) is 23.0 Å². The number of nitrogens with two attached hydrogens (primary N) is 1. The van der Waals surface area contributed by atoms with E-state index in [1.807, 2.05) is 24.3 Å². The van der Waals surface area contributed by atoms with Gasteiger partial charge in [0.15, 0.2) is 0 Å². The van der Waals surface area contributed by atoms with Gasteiger partial charge in [-0.15, -0.1) is 12.4 Å². The predicted molar refractivity (Wildman–Crippen MR) is 101 cm³/mol. The van der Waals surface area contributed by atoms with Crippen LogP contribution in [0.1, 0.15) is 42.5 Å². The Morgan fingerprint density at radius 3 is 2.56 bits per heavy atom. The third-order valence-electron chi connectivity index (χ3n) is 5.67. The number of amides is 1. The maximum absolute atomic E-state index is 12.9. The minimum atomic E-state index is -0.246. The Labute approximate surface area is 152 Å². The number of hydrogen-bond acceptors (Lipinski definition) is 3. The van der Waals surface area contributed by atoms with E-state index in [0.717, 1.165) is 31.1 Å². The largest absolute Gasteiger partial charge is 0.349 e. The van der Waals surface area contributed by atoms with Crippen molar-refractivity contribution in [2.45, 2.75) is 44.2 Å². The third-order valence-corrected chi connectivity index (χ3v) is 5.67. The molecular weight excluding hydrogens is 338 g/mol. The van der Waals surface area contributed by atoms with E-state index in [4.69, 9.17) is 5.73 Å². The van der Waals surface area contributed by atoms with Crippen molar-refractivity contribution in [1.82, 2.24) is 10.3 Å². The minimum Gasteiger partial charge on any atom is -0.349 e. The standard InChI is InChI=1S/C19H23N3O2.ClH/c20-13-8-11-4-3-5-12(9-13)18(11)22-19(24)15-10-17(23)21-16-7-2-1-6-14(15)16;/h1-2,6-7,10-13,18H,3-5,8-9,20H2,(H,21,23)(H,22,24);1H. The Balaban J connectivity index is 0.00000182. The molecule has 134 valence electrons. The lowest BCUT2D eigenvalue weighted by molar-refractivity contribution is 0.0757. The Bertz CT molecular complexity index is 821. The third kappa shape index (κ3) is 3.44. The highest BCUT2D eigenvalue weighted by molar-refractivity contribution is 6.06. The van der Waals surface area contributed by atoms with E-state index in [1.54, 1.807) is 0 Å². The van der Waals surface area contributed by atoms with Crippen LogP contribution in [0.4, 0.5) is 0 Å². The molecule has 2 aliphatic rings. The summed E-state index contributed by atoms with van der Waals surface area (Å²) in [7, 11) is 0. The lowest BCUT2D eigenvalue weighted by Crippen LogP contribution is -2.53. The summed E-state index contributed by atoms with van der Waals surface area (Å²) in [6.07, 6.45) is 5.45. The van der Waals surface area contributed by atoms with Crippen molar-refractivity contribution in [2.75, 3.05) is 0 Å². The number of aromatic nitrogens is 1. The molecule has 2 saturated carbocycles. The molecule has 6 heteroatoms. The van der Waals surface area contributed by atoms with Crippen molar-refractivity contribution in [3.05, 3.63) is 46.2 Å².